The molecule has 80 valence electrons. The lowest BCUT2D eigenvalue weighted by Gasteiger charge is -2.06. The largest absolute Gasteiger partial charge is 0.504 e. The van der Waals surface area contributed by atoms with E-state index in [2.05, 4.69) is 0 Å². The molecule has 2 rings (SSSR count). The van der Waals surface area contributed by atoms with Gasteiger partial charge in [-0.15, -0.1) is 0 Å². The Balaban J connectivity index is 2.27. The summed E-state index contributed by atoms with van der Waals surface area (Å²) in [6, 6.07) is 4.24. The summed E-state index contributed by atoms with van der Waals surface area (Å²) >= 11 is 0. The van der Waals surface area contributed by atoms with Crippen LogP contribution in [0.5, 0.6) is 11.5 Å². The Labute approximate surface area is 85.8 Å². The molecule has 0 spiro atoms. The van der Waals surface area contributed by atoms with E-state index in [9.17, 15) is 9.90 Å². The van der Waals surface area contributed by atoms with Gasteiger partial charge in [-0.1, -0.05) is 6.07 Å². The highest BCUT2D eigenvalue weighted by Crippen LogP contribution is 2.50. The number of phenols is 2. The summed E-state index contributed by atoms with van der Waals surface area (Å²) in [6.45, 7) is 0. The van der Waals surface area contributed by atoms with Gasteiger partial charge in [0.15, 0.2) is 11.5 Å². The Morgan fingerprint density at radius 3 is 2.53 bits per heavy atom. The smallest absolute Gasteiger partial charge is 0.324 e. The molecule has 1 aromatic rings. The fourth-order valence-corrected chi connectivity index (χ4v) is 1.69. The first-order valence-corrected chi connectivity index (χ1v) is 4.49. The third-order valence-corrected chi connectivity index (χ3v) is 2.80. The number of hydrogen-bond donors (Lipinski definition) is 4. The number of benzene rings is 1. The van der Waals surface area contributed by atoms with Gasteiger partial charge in [0.05, 0.1) is 0 Å². The van der Waals surface area contributed by atoms with Crippen LogP contribution in [0.3, 0.4) is 0 Å². The van der Waals surface area contributed by atoms with Gasteiger partial charge in [-0.05, 0) is 24.1 Å². The molecule has 5 nitrogen and oxygen atoms in total. The molecule has 0 heterocycles. The van der Waals surface area contributed by atoms with Gasteiger partial charge in [-0.3, -0.25) is 4.79 Å². The second-order valence-electron chi connectivity index (χ2n) is 3.85. The summed E-state index contributed by atoms with van der Waals surface area (Å²) in [5, 5.41) is 27.2. The van der Waals surface area contributed by atoms with E-state index in [1.807, 2.05) is 0 Å². The van der Waals surface area contributed by atoms with Crippen molar-refractivity contribution in [3.05, 3.63) is 23.8 Å². The minimum atomic E-state index is -1.22. The third-order valence-electron chi connectivity index (χ3n) is 2.80. The van der Waals surface area contributed by atoms with Crippen LogP contribution in [0.25, 0.3) is 0 Å². The quantitative estimate of drug-likeness (QED) is 0.527. The number of aromatic hydroxyl groups is 2. The Bertz CT molecular complexity index is 431. The second kappa shape index (κ2) is 2.87. The first-order chi connectivity index (χ1) is 6.95. The first-order valence-electron chi connectivity index (χ1n) is 4.49. The van der Waals surface area contributed by atoms with Gasteiger partial charge in [0, 0.05) is 5.92 Å². The molecule has 0 bridgehead atoms. The number of rotatable bonds is 2. The molecule has 2 atom stereocenters. The topological polar surface area (TPSA) is 104 Å². The van der Waals surface area contributed by atoms with Gasteiger partial charge in [0.1, 0.15) is 5.54 Å². The van der Waals surface area contributed by atoms with E-state index in [-0.39, 0.29) is 17.4 Å². The summed E-state index contributed by atoms with van der Waals surface area (Å²) in [4.78, 5) is 10.8. The molecule has 1 aliphatic carbocycles. The van der Waals surface area contributed by atoms with Crippen molar-refractivity contribution in [3.63, 3.8) is 0 Å². The molecule has 0 unspecified atom stereocenters. The maximum Gasteiger partial charge on any atom is 0.324 e. The van der Waals surface area contributed by atoms with Crippen LogP contribution in [-0.2, 0) is 4.79 Å². The summed E-state index contributed by atoms with van der Waals surface area (Å²) < 4.78 is 0. The number of nitrogens with two attached hydrogens (primary N) is 1. The van der Waals surface area contributed by atoms with E-state index in [1.165, 1.54) is 12.1 Å². The Hall–Kier alpha value is -1.75. The molecule has 0 aliphatic heterocycles. The Morgan fingerprint density at radius 2 is 2.07 bits per heavy atom. The van der Waals surface area contributed by atoms with E-state index < -0.39 is 11.5 Å². The van der Waals surface area contributed by atoms with Crippen LogP contribution >= 0.6 is 0 Å². The fraction of sp³-hybridized carbons (Fsp3) is 0.300. The van der Waals surface area contributed by atoms with E-state index >= 15 is 0 Å². The zero-order chi connectivity index (χ0) is 11.2. The van der Waals surface area contributed by atoms with Crippen molar-refractivity contribution < 1.29 is 20.1 Å². The molecule has 1 aliphatic rings. The lowest BCUT2D eigenvalue weighted by Crippen LogP contribution is -2.34. The first kappa shape index (κ1) is 9.79. The lowest BCUT2D eigenvalue weighted by molar-refractivity contribution is -0.139. The minimum absolute atomic E-state index is 0.225. The van der Waals surface area contributed by atoms with Gasteiger partial charge < -0.3 is 21.1 Å². The minimum Gasteiger partial charge on any atom is -0.504 e. The summed E-state index contributed by atoms with van der Waals surface area (Å²) in [7, 11) is 0. The maximum absolute atomic E-state index is 10.8. The maximum atomic E-state index is 10.8. The van der Waals surface area contributed by atoms with E-state index in [0.717, 1.165) is 0 Å². The number of carboxylic acid groups (broad SMARTS) is 1. The third kappa shape index (κ3) is 1.41. The summed E-state index contributed by atoms with van der Waals surface area (Å²) in [6.07, 6.45) is 0.354. The van der Waals surface area contributed by atoms with Crippen molar-refractivity contribution in [2.75, 3.05) is 0 Å². The zero-order valence-corrected chi connectivity index (χ0v) is 7.84. The summed E-state index contributed by atoms with van der Waals surface area (Å²) in [5.74, 6) is -1.81. The van der Waals surface area contributed by atoms with Crippen molar-refractivity contribution in [3.8, 4) is 11.5 Å². The van der Waals surface area contributed by atoms with Crippen molar-refractivity contribution in [2.24, 2.45) is 5.73 Å². The Kier molecular flexibility index (Phi) is 1.87. The van der Waals surface area contributed by atoms with Crippen LogP contribution in [-0.4, -0.2) is 26.8 Å². The predicted octanol–water partition coefficient (Wildman–Crippen LogP) is 0.367. The molecule has 0 aromatic heterocycles. The van der Waals surface area contributed by atoms with Crippen molar-refractivity contribution in [1.29, 1.82) is 0 Å². The molecule has 5 N–H and O–H groups in total. The molecule has 0 saturated heterocycles. The zero-order valence-electron chi connectivity index (χ0n) is 7.84. The van der Waals surface area contributed by atoms with E-state index in [1.54, 1.807) is 6.07 Å². The molecular weight excluding hydrogens is 198 g/mol. The Morgan fingerprint density at radius 1 is 1.40 bits per heavy atom. The number of phenolic OH excluding ortho intramolecular Hbond substituents is 2. The van der Waals surface area contributed by atoms with Crippen LogP contribution in [0, 0.1) is 0 Å². The molecular formula is C10H11NO4. The molecule has 15 heavy (non-hydrogen) atoms. The fourth-order valence-electron chi connectivity index (χ4n) is 1.69. The van der Waals surface area contributed by atoms with E-state index in [0.29, 0.717) is 12.0 Å². The SMILES string of the molecule is N[C@@]1(C(=O)O)C[C@H]1c1ccc(O)c(O)c1. The van der Waals surface area contributed by atoms with Gasteiger partial charge in [0.2, 0.25) is 0 Å². The molecule has 0 radical (unpaired) electrons. The predicted molar refractivity (Wildman–Crippen MR) is 51.7 cm³/mol. The highest BCUT2D eigenvalue weighted by atomic mass is 16.4. The number of hydrogen-bond acceptors (Lipinski definition) is 4. The van der Waals surface area contributed by atoms with Gasteiger partial charge in [-0.2, -0.15) is 0 Å². The number of carbonyl (C=O) groups is 1. The average molecular weight is 209 g/mol. The standard InChI is InChI=1S/C10H11NO4/c11-10(9(14)15)4-6(10)5-1-2-7(12)8(13)3-5/h1-3,6,12-13H,4,11H2,(H,14,15)/t6-,10-/m0/s1. The number of aliphatic carboxylic acids is 1. The monoisotopic (exact) mass is 209 g/mol. The van der Waals surface area contributed by atoms with Crippen LogP contribution < -0.4 is 5.73 Å². The number of carboxylic acids is 1. The van der Waals surface area contributed by atoms with Gasteiger partial charge in [0.25, 0.3) is 0 Å². The van der Waals surface area contributed by atoms with Crippen LogP contribution in [0.15, 0.2) is 18.2 Å². The van der Waals surface area contributed by atoms with Gasteiger partial charge >= 0.3 is 5.97 Å². The van der Waals surface area contributed by atoms with Crippen LogP contribution in [0.4, 0.5) is 0 Å². The van der Waals surface area contributed by atoms with Crippen molar-refractivity contribution >= 4 is 5.97 Å². The van der Waals surface area contributed by atoms with E-state index in [4.69, 9.17) is 15.9 Å². The van der Waals surface area contributed by atoms with Crippen molar-refractivity contribution in [1.82, 2.24) is 0 Å². The molecule has 1 saturated carbocycles. The molecule has 5 heteroatoms. The molecule has 1 fully saturated rings. The van der Waals surface area contributed by atoms with Gasteiger partial charge in [-0.25, -0.2) is 0 Å². The van der Waals surface area contributed by atoms with Crippen LogP contribution in [0.2, 0.25) is 0 Å². The van der Waals surface area contributed by atoms with Crippen molar-refractivity contribution in [2.45, 2.75) is 17.9 Å². The lowest BCUT2D eigenvalue weighted by atomic mass is 10.1. The second-order valence-corrected chi connectivity index (χ2v) is 3.85. The normalized spacial score (nSPS) is 28.7. The average Bonchev–Trinajstić information content (AvgIpc) is 2.85. The highest BCUT2D eigenvalue weighted by molar-refractivity contribution is 5.85. The molecule has 1 aromatic carbocycles. The molecule has 0 amide bonds. The summed E-state index contributed by atoms with van der Waals surface area (Å²) in [5.41, 5.74) is 5.03. The van der Waals surface area contributed by atoms with Crippen LogP contribution in [0.1, 0.15) is 17.9 Å². The highest BCUT2D eigenvalue weighted by Gasteiger charge is 2.58.